The number of rotatable bonds is 4. The minimum Gasteiger partial charge on any atom is -0.322 e. The average molecular weight is 356 g/mol. The Hall–Kier alpha value is -2.29. The van der Waals surface area contributed by atoms with Gasteiger partial charge in [0.25, 0.3) is 5.91 Å². The Kier molecular flexibility index (Phi) is 5.19. The van der Waals surface area contributed by atoms with Gasteiger partial charge in [0, 0.05) is 11.3 Å². The maximum Gasteiger partial charge on any atom is 0.255 e. The van der Waals surface area contributed by atoms with Crippen LogP contribution in [0.1, 0.15) is 21.5 Å². The highest BCUT2D eigenvalue weighted by molar-refractivity contribution is 6.42. The van der Waals surface area contributed by atoms with E-state index in [1.807, 2.05) is 42.5 Å². The number of amides is 1. The number of benzene rings is 3. The summed E-state index contributed by atoms with van der Waals surface area (Å²) >= 11 is 11.8. The molecule has 2 nitrogen and oxygen atoms in total. The van der Waals surface area contributed by atoms with Gasteiger partial charge in [0.1, 0.15) is 0 Å². The molecule has 0 aromatic heterocycles. The fourth-order valence-corrected chi connectivity index (χ4v) is 2.68. The standard InChI is InChI=1S/C20H15Cl2NO/c21-18-11-8-16(13-19(18)22)20(24)23-17-9-6-15(7-10-17)12-14-4-2-1-3-5-14/h1-11,13H,12H2,(H,23,24). The zero-order chi connectivity index (χ0) is 16.9. The minimum absolute atomic E-state index is 0.218. The summed E-state index contributed by atoms with van der Waals surface area (Å²) in [5, 5.41) is 3.65. The topological polar surface area (TPSA) is 29.1 Å². The van der Waals surface area contributed by atoms with Gasteiger partial charge < -0.3 is 5.32 Å². The molecule has 4 heteroatoms. The van der Waals surface area contributed by atoms with Crippen molar-refractivity contribution < 1.29 is 4.79 Å². The van der Waals surface area contributed by atoms with Gasteiger partial charge in [0.05, 0.1) is 10.0 Å². The number of nitrogens with one attached hydrogen (secondary N) is 1. The SMILES string of the molecule is O=C(Nc1ccc(Cc2ccccc2)cc1)c1ccc(Cl)c(Cl)c1. The molecule has 24 heavy (non-hydrogen) atoms. The summed E-state index contributed by atoms with van der Waals surface area (Å²) < 4.78 is 0. The third-order valence-electron chi connectivity index (χ3n) is 3.64. The van der Waals surface area contributed by atoms with Crippen molar-refractivity contribution in [1.29, 1.82) is 0 Å². The molecule has 0 aliphatic carbocycles. The Morgan fingerprint density at radius 2 is 1.46 bits per heavy atom. The van der Waals surface area contributed by atoms with Crippen molar-refractivity contribution in [2.45, 2.75) is 6.42 Å². The van der Waals surface area contributed by atoms with Crippen LogP contribution < -0.4 is 5.32 Å². The Morgan fingerprint density at radius 3 is 2.12 bits per heavy atom. The van der Waals surface area contributed by atoms with Crippen molar-refractivity contribution in [2.75, 3.05) is 5.32 Å². The first-order valence-corrected chi connectivity index (χ1v) is 8.27. The third kappa shape index (κ3) is 4.16. The van der Waals surface area contributed by atoms with Gasteiger partial charge in [0.15, 0.2) is 0 Å². The zero-order valence-corrected chi connectivity index (χ0v) is 14.3. The first kappa shape index (κ1) is 16.6. The van der Waals surface area contributed by atoms with Crippen LogP contribution in [-0.4, -0.2) is 5.91 Å². The lowest BCUT2D eigenvalue weighted by atomic mass is 10.0. The molecule has 1 amide bonds. The van der Waals surface area contributed by atoms with Gasteiger partial charge in [-0.05, 0) is 47.9 Å². The van der Waals surface area contributed by atoms with E-state index in [4.69, 9.17) is 23.2 Å². The van der Waals surface area contributed by atoms with Crippen LogP contribution in [0.15, 0.2) is 72.8 Å². The summed E-state index contributed by atoms with van der Waals surface area (Å²) in [6, 6.07) is 22.9. The maximum atomic E-state index is 12.2. The monoisotopic (exact) mass is 355 g/mol. The molecule has 0 radical (unpaired) electrons. The van der Waals surface area contributed by atoms with Gasteiger partial charge >= 0.3 is 0 Å². The fraction of sp³-hybridized carbons (Fsp3) is 0.0500. The van der Waals surface area contributed by atoms with Crippen molar-refractivity contribution in [3.8, 4) is 0 Å². The fourth-order valence-electron chi connectivity index (χ4n) is 2.38. The van der Waals surface area contributed by atoms with Gasteiger partial charge in [-0.3, -0.25) is 4.79 Å². The molecule has 0 aliphatic rings. The number of hydrogen-bond donors (Lipinski definition) is 1. The summed E-state index contributed by atoms with van der Waals surface area (Å²) in [5.74, 6) is -0.218. The second-order valence-electron chi connectivity index (χ2n) is 5.44. The molecular weight excluding hydrogens is 341 g/mol. The summed E-state index contributed by atoms with van der Waals surface area (Å²) in [4.78, 5) is 12.2. The lowest BCUT2D eigenvalue weighted by Gasteiger charge is -2.08. The summed E-state index contributed by atoms with van der Waals surface area (Å²) in [7, 11) is 0. The Bertz CT molecular complexity index is 845. The molecule has 0 bridgehead atoms. The Morgan fingerprint density at radius 1 is 0.792 bits per heavy atom. The highest BCUT2D eigenvalue weighted by Crippen LogP contribution is 2.23. The van der Waals surface area contributed by atoms with Crippen LogP contribution in [0.25, 0.3) is 0 Å². The summed E-state index contributed by atoms with van der Waals surface area (Å²) in [6.45, 7) is 0. The molecule has 0 unspecified atom stereocenters. The van der Waals surface area contributed by atoms with E-state index in [0.29, 0.717) is 15.6 Å². The highest BCUT2D eigenvalue weighted by Gasteiger charge is 2.08. The predicted molar refractivity (Wildman–Crippen MR) is 100 cm³/mol. The van der Waals surface area contributed by atoms with Crippen LogP contribution in [0.3, 0.4) is 0 Å². The smallest absolute Gasteiger partial charge is 0.255 e. The van der Waals surface area contributed by atoms with Gasteiger partial charge in [0.2, 0.25) is 0 Å². The van der Waals surface area contributed by atoms with Crippen molar-refractivity contribution >= 4 is 34.8 Å². The Balaban J connectivity index is 1.67. The van der Waals surface area contributed by atoms with Crippen LogP contribution in [0.4, 0.5) is 5.69 Å². The van der Waals surface area contributed by atoms with E-state index in [0.717, 1.165) is 12.1 Å². The lowest BCUT2D eigenvalue weighted by Crippen LogP contribution is -2.11. The quantitative estimate of drug-likeness (QED) is 0.625. The van der Waals surface area contributed by atoms with Gasteiger partial charge in [-0.15, -0.1) is 0 Å². The van der Waals surface area contributed by atoms with E-state index in [1.165, 1.54) is 11.1 Å². The van der Waals surface area contributed by atoms with E-state index in [1.54, 1.807) is 18.2 Å². The number of halogens is 2. The first-order valence-electron chi connectivity index (χ1n) is 7.51. The molecule has 0 atom stereocenters. The molecule has 0 saturated heterocycles. The van der Waals surface area contributed by atoms with Crippen LogP contribution in [-0.2, 0) is 6.42 Å². The number of carbonyl (C=O) groups excluding carboxylic acids is 1. The first-order chi connectivity index (χ1) is 11.6. The van der Waals surface area contributed by atoms with Crippen molar-refractivity contribution in [3.05, 3.63) is 99.5 Å². The predicted octanol–water partition coefficient (Wildman–Crippen LogP) is 5.84. The highest BCUT2D eigenvalue weighted by atomic mass is 35.5. The van der Waals surface area contributed by atoms with E-state index in [-0.39, 0.29) is 5.91 Å². The van der Waals surface area contributed by atoms with Gasteiger partial charge in [-0.25, -0.2) is 0 Å². The molecule has 0 heterocycles. The molecular formula is C20H15Cl2NO. The largest absolute Gasteiger partial charge is 0.322 e. The molecule has 0 aliphatic heterocycles. The van der Waals surface area contributed by atoms with E-state index in [2.05, 4.69) is 17.4 Å². The molecule has 3 rings (SSSR count). The number of carbonyl (C=O) groups is 1. The lowest BCUT2D eigenvalue weighted by molar-refractivity contribution is 0.102. The molecule has 3 aromatic rings. The van der Waals surface area contributed by atoms with Crippen LogP contribution in [0.2, 0.25) is 10.0 Å². The molecule has 0 saturated carbocycles. The molecule has 3 aromatic carbocycles. The molecule has 1 N–H and O–H groups in total. The summed E-state index contributed by atoms with van der Waals surface area (Å²) in [5.41, 5.74) is 3.65. The van der Waals surface area contributed by atoms with Crippen LogP contribution >= 0.6 is 23.2 Å². The summed E-state index contributed by atoms with van der Waals surface area (Å²) in [6.07, 6.45) is 0.863. The van der Waals surface area contributed by atoms with E-state index in [9.17, 15) is 4.79 Å². The van der Waals surface area contributed by atoms with E-state index < -0.39 is 0 Å². The third-order valence-corrected chi connectivity index (χ3v) is 4.38. The van der Waals surface area contributed by atoms with Gasteiger partial charge in [-0.1, -0.05) is 65.7 Å². The zero-order valence-electron chi connectivity index (χ0n) is 12.8. The van der Waals surface area contributed by atoms with Crippen LogP contribution in [0, 0.1) is 0 Å². The minimum atomic E-state index is -0.218. The van der Waals surface area contributed by atoms with Crippen LogP contribution in [0.5, 0.6) is 0 Å². The maximum absolute atomic E-state index is 12.2. The second kappa shape index (κ2) is 7.52. The molecule has 0 fully saturated rings. The van der Waals surface area contributed by atoms with Crippen molar-refractivity contribution in [3.63, 3.8) is 0 Å². The normalized spacial score (nSPS) is 10.4. The Labute approximate surface area is 151 Å². The molecule has 0 spiro atoms. The van der Waals surface area contributed by atoms with Crippen molar-refractivity contribution in [1.82, 2.24) is 0 Å². The van der Waals surface area contributed by atoms with Gasteiger partial charge in [-0.2, -0.15) is 0 Å². The van der Waals surface area contributed by atoms with E-state index >= 15 is 0 Å². The average Bonchev–Trinajstić information content (AvgIpc) is 2.60. The molecule has 120 valence electrons. The number of anilines is 1. The van der Waals surface area contributed by atoms with Crippen molar-refractivity contribution in [2.24, 2.45) is 0 Å². The second-order valence-corrected chi connectivity index (χ2v) is 6.26. The number of hydrogen-bond acceptors (Lipinski definition) is 1.